The maximum Gasteiger partial charge on any atom is 0.224 e. The average molecular weight is 348 g/mol. The van der Waals surface area contributed by atoms with Crippen LogP contribution in [0.4, 0.5) is 5.69 Å². The second-order valence-corrected chi connectivity index (χ2v) is 7.02. The van der Waals surface area contributed by atoms with Gasteiger partial charge in [0.05, 0.1) is 12.9 Å². The molecule has 0 unspecified atom stereocenters. The van der Waals surface area contributed by atoms with Crippen LogP contribution in [0.2, 0.25) is 0 Å². The molecule has 0 atom stereocenters. The van der Waals surface area contributed by atoms with Gasteiger partial charge in [0, 0.05) is 12.1 Å². The molecule has 0 spiro atoms. The summed E-state index contributed by atoms with van der Waals surface area (Å²) in [5, 5.41) is 7.78. The number of amides is 1. The number of primary sulfonamides is 1. The molecule has 24 heavy (non-hydrogen) atoms. The van der Waals surface area contributed by atoms with Gasteiger partial charge < -0.3 is 10.1 Å². The van der Waals surface area contributed by atoms with Crippen molar-refractivity contribution in [3.8, 4) is 5.75 Å². The van der Waals surface area contributed by atoms with Gasteiger partial charge in [-0.2, -0.15) is 0 Å². The van der Waals surface area contributed by atoms with Crippen molar-refractivity contribution in [1.29, 1.82) is 0 Å². The molecule has 0 saturated carbocycles. The number of hydrogen-bond acceptors (Lipinski definition) is 4. The molecule has 0 saturated heterocycles. The normalized spacial score (nSPS) is 11.1. The second-order valence-electron chi connectivity index (χ2n) is 5.40. The predicted octanol–water partition coefficient (Wildman–Crippen LogP) is 2.06. The Labute approximate surface area is 141 Å². The van der Waals surface area contributed by atoms with Crippen LogP contribution in [0, 0.1) is 0 Å². The van der Waals surface area contributed by atoms with E-state index in [1.807, 2.05) is 24.3 Å². The zero-order chi connectivity index (χ0) is 17.6. The van der Waals surface area contributed by atoms with E-state index in [4.69, 9.17) is 9.88 Å². The molecule has 1 amide bonds. The molecule has 0 radical (unpaired) electrons. The van der Waals surface area contributed by atoms with E-state index in [-0.39, 0.29) is 11.7 Å². The smallest absolute Gasteiger partial charge is 0.224 e. The lowest BCUT2D eigenvalue weighted by atomic mass is 10.1. The number of anilines is 1. The van der Waals surface area contributed by atoms with Crippen LogP contribution in [0.15, 0.2) is 48.5 Å². The topological polar surface area (TPSA) is 98.5 Å². The summed E-state index contributed by atoms with van der Waals surface area (Å²) in [6.45, 7) is 0. The maximum atomic E-state index is 12.0. The van der Waals surface area contributed by atoms with E-state index in [2.05, 4.69) is 5.32 Å². The number of ether oxygens (including phenoxy) is 1. The first-order valence-corrected chi connectivity index (χ1v) is 9.09. The lowest BCUT2D eigenvalue weighted by molar-refractivity contribution is -0.116. The van der Waals surface area contributed by atoms with Gasteiger partial charge in [0.25, 0.3) is 0 Å². The Bertz CT molecular complexity index is 802. The van der Waals surface area contributed by atoms with Crippen molar-refractivity contribution in [2.45, 2.75) is 18.6 Å². The summed E-state index contributed by atoms with van der Waals surface area (Å²) >= 11 is 0. The summed E-state index contributed by atoms with van der Waals surface area (Å²) in [6.07, 6.45) is 0.943. The monoisotopic (exact) mass is 348 g/mol. The van der Waals surface area contributed by atoms with Crippen LogP contribution in [0.5, 0.6) is 5.75 Å². The Morgan fingerprint density at radius 1 is 1.12 bits per heavy atom. The van der Waals surface area contributed by atoms with Gasteiger partial charge in [0.2, 0.25) is 15.9 Å². The highest BCUT2D eigenvalue weighted by Crippen LogP contribution is 2.15. The molecule has 2 rings (SSSR count). The van der Waals surface area contributed by atoms with Crippen molar-refractivity contribution in [3.63, 3.8) is 0 Å². The highest BCUT2D eigenvalue weighted by molar-refractivity contribution is 7.88. The highest BCUT2D eigenvalue weighted by Gasteiger charge is 2.07. The molecule has 2 aromatic carbocycles. The Morgan fingerprint density at radius 3 is 2.46 bits per heavy atom. The van der Waals surface area contributed by atoms with Crippen molar-refractivity contribution < 1.29 is 17.9 Å². The van der Waals surface area contributed by atoms with Crippen molar-refractivity contribution in [2.24, 2.45) is 5.14 Å². The number of carbonyl (C=O) groups excluding carboxylic acids is 1. The summed E-state index contributed by atoms with van der Waals surface area (Å²) in [5.74, 6) is 0.423. The molecular weight excluding hydrogens is 328 g/mol. The molecule has 0 aromatic heterocycles. The summed E-state index contributed by atoms with van der Waals surface area (Å²) < 4.78 is 27.2. The zero-order valence-corrected chi connectivity index (χ0v) is 14.2. The Kier molecular flexibility index (Phi) is 5.94. The van der Waals surface area contributed by atoms with Crippen molar-refractivity contribution in [2.75, 3.05) is 12.4 Å². The molecule has 0 aliphatic carbocycles. The highest BCUT2D eigenvalue weighted by atomic mass is 32.2. The Hall–Kier alpha value is -2.38. The van der Waals surface area contributed by atoms with E-state index in [0.29, 0.717) is 24.1 Å². The fourth-order valence-electron chi connectivity index (χ4n) is 2.23. The number of benzene rings is 2. The number of nitrogens with one attached hydrogen (secondary N) is 1. The molecule has 0 bridgehead atoms. The van der Waals surface area contributed by atoms with Gasteiger partial charge >= 0.3 is 0 Å². The van der Waals surface area contributed by atoms with Crippen molar-refractivity contribution in [1.82, 2.24) is 0 Å². The standard InChI is InChI=1S/C17H20N2O4S/c1-23-16-4-2-3-13(11-16)7-10-17(20)19-15-8-5-14(6-9-15)12-24(18,21)22/h2-6,8-9,11H,7,10,12H2,1H3,(H,19,20)(H2,18,21,22). The first-order chi connectivity index (χ1) is 11.4. The van der Waals surface area contributed by atoms with Gasteiger partial charge in [0.15, 0.2) is 0 Å². The first-order valence-electron chi connectivity index (χ1n) is 7.38. The van der Waals surface area contributed by atoms with E-state index >= 15 is 0 Å². The maximum absolute atomic E-state index is 12.0. The number of methoxy groups -OCH3 is 1. The molecule has 7 heteroatoms. The summed E-state index contributed by atoms with van der Waals surface area (Å²) in [5.41, 5.74) is 2.21. The number of nitrogens with two attached hydrogens (primary N) is 1. The van der Waals surface area contributed by atoms with Crippen LogP contribution in [0.25, 0.3) is 0 Å². The minimum atomic E-state index is -3.56. The molecule has 0 aliphatic heterocycles. The van der Waals surface area contributed by atoms with Gasteiger partial charge in [0.1, 0.15) is 5.75 Å². The molecule has 0 aliphatic rings. The molecule has 6 nitrogen and oxygen atoms in total. The fourth-order valence-corrected chi connectivity index (χ4v) is 2.88. The van der Waals surface area contributed by atoms with Crippen LogP contribution in [-0.2, 0) is 27.0 Å². The molecule has 128 valence electrons. The van der Waals surface area contributed by atoms with E-state index in [1.54, 1.807) is 31.4 Å². The van der Waals surface area contributed by atoms with E-state index < -0.39 is 10.0 Å². The van der Waals surface area contributed by atoms with Gasteiger partial charge in [-0.3, -0.25) is 4.79 Å². The predicted molar refractivity (Wildman–Crippen MR) is 93.2 cm³/mol. The van der Waals surface area contributed by atoms with E-state index in [9.17, 15) is 13.2 Å². The summed E-state index contributed by atoms with van der Waals surface area (Å²) in [4.78, 5) is 12.0. The zero-order valence-electron chi connectivity index (χ0n) is 13.4. The summed E-state index contributed by atoms with van der Waals surface area (Å²) in [7, 11) is -1.95. The SMILES string of the molecule is COc1cccc(CCC(=O)Nc2ccc(CS(N)(=O)=O)cc2)c1. The largest absolute Gasteiger partial charge is 0.497 e. The molecule has 3 N–H and O–H groups in total. The van der Waals surface area contributed by atoms with E-state index in [0.717, 1.165) is 11.3 Å². The molecule has 0 fully saturated rings. The second kappa shape index (κ2) is 7.94. The molecular formula is C17H20N2O4S. The van der Waals surface area contributed by atoms with Gasteiger partial charge in [-0.25, -0.2) is 13.6 Å². The van der Waals surface area contributed by atoms with Gasteiger partial charge in [-0.05, 0) is 41.8 Å². The van der Waals surface area contributed by atoms with Crippen LogP contribution in [0.1, 0.15) is 17.5 Å². The Balaban J connectivity index is 1.87. The third-order valence-electron chi connectivity index (χ3n) is 3.38. The summed E-state index contributed by atoms with van der Waals surface area (Å²) in [6, 6.07) is 14.1. The van der Waals surface area contributed by atoms with Crippen LogP contribution < -0.4 is 15.2 Å². The molecule has 2 aromatic rings. The Morgan fingerprint density at radius 2 is 1.83 bits per heavy atom. The third kappa shape index (κ3) is 6.02. The number of aryl methyl sites for hydroxylation is 1. The van der Waals surface area contributed by atoms with Crippen LogP contribution in [-0.4, -0.2) is 21.4 Å². The van der Waals surface area contributed by atoms with Gasteiger partial charge in [-0.1, -0.05) is 24.3 Å². The van der Waals surface area contributed by atoms with Crippen LogP contribution in [0.3, 0.4) is 0 Å². The minimum absolute atomic E-state index is 0.114. The lowest BCUT2D eigenvalue weighted by Crippen LogP contribution is -2.15. The first kappa shape index (κ1) is 18.0. The van der Waals surface area contributed by atoms with Crippen molar-refractivity contribution >= 4 is 21.6 Å². The lowest BCUT2D eigenvalue weighted by Gasteiger charge is -2.07. The minimum Gasteiger partial charge on any atom is -0.497 e. The van der Waals surface area contributed by atoms with Crippen LogP contribution >= 0.6 is 0 Å². The number of hydrogen-bond donors (Lipinski definition) is 2. The number of sulfonamides is 1. The van der Waals surface area contributed by atoms with Gasteiger partial charge in [-0.15, -0.1) is 0 Å². The van der Waals surface area contributed by atoms with Crippen molar-refractivity contribution in [3.05, 3.63) is 59.7 Å². The fraction of sp³-hybridized carbons (Fsp3) is 0.235. The van der Waals surface area contributed by atoms with E-state index in [1.165, 1.54) is 0 Å². The number of rotatable bonds is 7. The molecule has 0 heterocycles. The third-order valence-corrected chi connectivity index (χ3v) is 4.12. The quantitative estimate of drug-likeness (QED) is 0.800. The average Bonchev–Trinajstić information content (AvgIpc) is 2.54. The number of carbonyl (C=O) groups is 1.